The first kappa shape index (κ1) is 16.6. The molecule has 1 aliphatic heterocycles. The second-order valence-corrected chi connectivity index (χ2v) is 7.12. The second-order valence-electron chi connectivity index (χ2n) is 7.12. The normalized spacial score (nSPS) is 21.5. The summed E-state index contributed by atoms with van der Waals surface area (Å²) in [5, 5.41) is 3.21. The lowest BCUT2D eigenvalue weighted by Crippen LogP contribution is -2.46. The lowest BCUT2D eigenvalue weighted by molar-refractivity contribution is -0.122. The van der Waals surface area contributed by atoms with Crippen molar-refractivity contribution in [3.63, 3.8) is 0 Å². The van der Waals surface area contributed by atoms with Gasteiger partial charge in [0.2, 0.25) is 0 Å². The average Bonchev–Trinajstić information content (AvgIpc) is 2.64. The molecular weight excluding hydrogens is 330 g/mol. The third kappa shape index (κ3) is 2.29. The highest BCUT2D eigenvalue weighted by molar-refractivity contribution is 5.89. The number of nitrogens with one attached hydrogen (secondary N) is 1. The monoisotopic (exact) mass is 351 g/mol. The number of allylic oxidation sites excluding steroid dienone is 2. The minimum Gasteiger partial charge on any atom is -0.344 e. The lowest BCUT2D eigenvalue weighted by atomic mass is 9.72. The van der Waals surface area contributed by atoms with E-state index in [0.29, 0.717) is 24.2 Å². The fraction of sp³-hybridized carbons (Fsp3) is 0.350. The van der Waals surface area contributed by atoms with Crippen LogP contribution in [0.5, 0.6) is 0 Å². The summed E-state index contributed by atoms with van der Waals surface area (Å²) >= 11 is 0. The molecule has 0 saturated heterocycles. The first-order valence-corrected chi connectivity index (χ1v) is 8.76. The number of benzene rings is 1. The summed E-state index contributed by atoms with van der Waals surface area (Å²) in [5.74, 6) is -0.191. The SMILES string of the molecule is Cc1ccc([C@H]2c3c(n(C)c(=O)n(C)c3=O)NC3=CCCC(=O)[C@@H]32)cc1. The van der Waals surface area contributed by atoms with E-state index in [1.54, 1.807) is 7.05 Å². The van der Waals surface area contributed by atoms with Crippen molar-refractivity contribution in [2.45, 2.75) is 25.7 Å². The van der Waals surface area contributed by atoms with Gasteiger partial charge in [-0.15, -0.1) is 0 Å². The van der Waals surface area contributed by atoms with Gasteiger partial charge in [0, 0.05) is 32.1 Å². The van der Waals surface area contributed by atoms with Gasteiger partial charge in [0.1, 0.15) is 11.6 Å². The lowest BCUT2D eigenvalue weighted by Gasteiger charge is -2.38. The zero-order chi connectivity index (χ0) is 18.6. The van der Waals surface area contributed by atoms with Crippen LogP contribution >= 0.6 is 0 Å². The van der Waals surface area contributed by atoms with E-state index in [0.717, 1.165) is 21.4 Å². The van der Waals surface area contributed by atoms with Crippen LogP contribution in [-0.2, 0) is 18.9 Å². The third-order valence-electron chi connectivity index (χ3n) is 5.48. The minimum absolute atomic E-state index is 0.127. The van der Waals surface area contributed by atoms with Crippen LogP contribution in [0.3, 0.4) is 0 Å². The molecule has 0 fully saturated rings. The Labute approximate surface area is 150 Å². The van der Waals surface area contributed by atoms with Crippen LogP contribution in [0, 0.1) is 12.8 Å². The van der Waals surface area contributed by atoms with Gasteiger partial charge in [0.25, 0.3) is 5.56 Å². The van der Waals surface area contributed by atoms with Gasteiger partial charge < -0.3 is 5.32 Å². The Hall–Kier alpha value is -2.89. The minimum atomic E-state index is -0.413. The van der Waals surface area contributed by atoms with Crippen molar-refractivity contribution in [1.82, 2.24) is 9.13 Å². The maximum Gasteiger partial charge on any atom is 0.332 e. The van der Waals surface area contributed by atoms with E-state index >= 15 is 0 Å². The highest BCUT2D eigenvalue weighted by atomic mass is 16.2. The number of hydrogen-bond donors (Lipinski definition) is 1. The number of aromatic nitrogens is 2. The Morgan fingerprint density at radius 2 is 1.69 bits per heavy atom. The number of anilines is 1. The highest BCUT2D eigenvalue weighted by Gasteiger charge is 2.42. The van der Waals surface area contributed by atoms with Gasteiger partial charge in [-0.3, -0.25) is 18.7 Å². The quantitative estimate of drug-likeness (QED) is 0.850. The number of fused-ring (bicyclic) bond motifs is 2. The Morgan fingerprint density at radius 1 is 1.00 bits per heavy atom. The van der Waals surface area contributed by atoms with Crippen molar-refractivity contribution in [3.8, 4) is 0 Å². The Morgan fingerprint density at radius 3 is 2.38 bits per heavy atom. The molecule has 0 unspecified atom stereocenters. The largest absolute Gasteiger partial charge is 0.344 e. The molecule has 0 bridgehead atoms. The Bertz CT molecular complexity index is 1060. The Kier molecular flexibility index (Phi) is 3.72. The van der Waals surface area contributed by atoms with E-state index < -0.39 is 11.8 Å². The first-order chi connectivity index (χ1) is 12.4. The standard InChI is InChI=1S/C20H21N3O3/c1-11-7-9-12(10-8-11)15-16-13(5-4-6-14(16)24)21-18-17(15)19(25)23(3)20(26)22(18)2/h5,7-10,15-16,21H,4,6H2,1-3H3/t15-,16-/m1/s1. The number of aryl methyl sites for hydroxylation is 1. The predicted octanol–water partition coefficient (Wildman–Crippen LogP) is 1.81. The molecule has 134 valence electrons. The van der Waals surface area contributed by atoms with Gasteiger partial charge in [-0.05, 0) is 18.9 Å². The van der Waals surface area contributed by atoms with Crippen molar-refractivity contribution in [2.24, 2.45) is 20.0 Å². The van der Waals surface area contributed by atoms with Gasteiger partial charge in [-0.2, -0.15) is 0 Å². The summed E-state index contributed by atoms with van der Waals surface area (Å²) in [6.45, 7) is 2.00. The van der Waals surface area contributed by atoms with E-state index in [1.807, 2.05) is 37.3 Å². The smallest absolute Gasteiger partial charge is 0.332 e. The molecule has 26 heavy (non-hydrogen) atoms. The molecule has 2 atom stereocenters. The average molecular weight is 351 g/mol. The number of nitrogens with zero attached hydrogens (tertiary/aromatic N) is 2. The summed E-state index contributed by atoms with van der Waals surface area (Å²) in [7, 11) is 3.12. The van der Waals surface area contributed by atoms with Crippen molar-refractivity contribution in [2.75, 3.05) is 5.32 Å². The highest BCUT2D eigenvalue weighted by Crippen LogP contribution is 2.44. The summed E-state index contributed by atoms with van der Waals surface area (Å²) in [4.78, 5) is 38.1. The third-order valence-corrected chi connectivity index (χ3v) is 5.48. The molecule has 2 heterocycles. The van der Waals surface area contributed by atoms with Gasteiger partial charge in [-0.1, -0.05) is 35.9 Å². The molecule has 6 heteroatoms. The van der Waals surface area contributed by atoms with Crippen LogP contribution in [0.1, 0.15) is 35.4 Å². The van der Waals surface area contributed by atoms with Gasteiger partial charge >= 0.3 is 5.69 Å². The zero-order valence-corrected chi connectivity index (χ0v) is 15.1. The summed E-state index contributed by atoms with van der Waals surface area (Å²) in [5.41, 5.74) is 2.57. The number of hydrogen-bond acceptors (Lipinski definition) is 4. The number of rotatable bonds is 1. The zero-order valence-electron chi connectivity index (χ0n) is 15.1. The van der Waals surface area contributed by atoms with E-state index in [-0.39, 0.29) is 17.0 Å². The molecule has 0 spiro atoms. The number of carbonyl (C=O) groups is 1. The first-order valence-electron chi connectivity index (χ1n) is 8.76. The molecular formula is C20H21N3O3. The van der Waals surface area contributed by atoms with E-state index in [4.69, 9.17) is 0 Å². The maximum absolute atomic E-state index is 13.0. The van der Waals surface area contributed by atoms with E-state index in [1.165, 1.54) is 11.6 Å². The molecule has 0 saturated carbocycles. The molecule has 6 nitrogen and oxygen atoms in total. The number of ketones is 1. The molecule has 1 aromatic heterocycles. The maximum atomic E-state index is 13.0. The van der Waals surface area contributed by atoms with Gasteiger partial charge in [-0.25, -0.2) is 4.79 Å². The molecule has 1 N–H and O–H groups in total. The summed E-state index contributed by atoms with van der Waals surface area (Å²) < 4.78 is 2.57. The fourth-order valence-electron chi connectivity index (χ4n) is 4.06. The molecule has 4 rings (SSSR count). The molecule has 1 aliphatic carbocycles. The van der Waals surface area contributed by atoms with Crippen LogP contribution < -0.4 is 16.6 Å². The summed E-state index contributed by atoms with van der Waals surface area (Å²) in [6.07, 6.45) is 3.16. The Balaban J connectivity index is 2.07. The van der Waals surface area contributed by atoms with Crippen LogP contribution in [0.2, 0.25) is 0 Å². The molecule has 0 radical (unpaired) electrons. The van der Waals surface area contributed by atoms with E-state index in [9.17, 15) is 14.4 Å². The number of carbonyl (C=O) groups excluding carboxylic acids is 1. The van der Waals surface area contributed by atoms with E-state index in [2.05, 4.69) is 5.32 Å². The van der Waals surface area contributed by atoms with Crippen molar-refractivity contribution >= 4 is 11.6 Å². The molecule has 2 aromatic rings. The predicted molar refractivity (Wildman–Crippen MR) is 99.4 cm³/mol. The second kappa shape index (κ2) is 5.83. The fourth-order valence-corrected chi connectivity index (χ4v) is 4.06. The van der Waals surface area contributed by atoms with Gasteiger partial charge in [0.15, 0.2) is 0 Å². The number of Topliss-reactive ketones (excluding diaryl/α,β-unsaturated/α-hetero) is 1. The van der Waals surface area contributed by atoms with Crippen molar-refractivity contribution in [1.29, 1.82) is 0 Å². The van der Waals surface area contributed by atoms with Crippen LogP contribution in [0.4, 0.5) is 5.82 Å². The van der Waals surface area contributed by atoms with Crippen LogP contribution in [-0.4, -0.2) is 14.9 Å². The molecule has 2 aliphatic rings. The molecule has 1 aromatic carbocycles. The van der Waals surface area contributed by atoms with Crippen LogP contribution in [0.25, 0.3) is 0 Å². The van der Waals surface area contributed by atoms with Crippen molar-refractivity contribution in [3.05, 3.63) is 73.6 Å². The van der Waals surface area contributed by atoms with Crippen LogP contribution in [0.15, 0.2) is 45.6 Å². The van der Waals surface area contributed by atoms with Crippen molar-refractivity contribution < 1.29 is 4.79 Å². The summed E-state index contributed by atoms with van der Waals surface area (Å²) in [6, 6.07) is 7.92. The molecule has 0 amide bonds. The van der Waals surface area contributed by atoms with Gasteiger partial charge in [0.05, 0.1) is 11.5 Å². The topological polar surface area (TPSA) is 73.1 Å².